The second kappa shape index (κ2) is 6.06. The Morgan fingerprint density at radius 2 is 1.87 bits per heavy atom. The molecule has 0 radical (unpaired) electrons. The number of thioether (sulfide) groups is 1. The maximum absolute atomic E-state index is 3.49. The highest BCUT2D eigenvalue weighted by Gasteiger charge is 2.12. The summed E-state index contributed by atoms with van der Waals surface area (Å²) >= 11 is 2.11. The molecule has 1 saturated heterocycles. The normalized spacial score (nSPS) is 17.6. The van der Waals surface area contributed by atoms with E-state index < -0.39 is 0 Å². The Labute approximate surface area is 96.7 Å². The largest absolute Gasteiger partial charge is 0.385 e. The van der Waals surface area contributed by atoms with E-state index in [1.807, 2.05) is 0 Å². The Kier molecular flexibility index (Phi) is 4.39. The van der Waals surface area contributed by atoms with Crippen LogP contribution in [0, 0.1) is 5.92 Å². The summed E-state index contributed by atoms with van der Waals surface area (Å²) in [5.74, 6) is 3.70. The van der Waals surface area contributed by atoms with Crippen LogP contribution in [0.2, 0.25) is 0 Å². The Morgan fingerprint density at radius 3 is 2.60 bits per heavy atom. The summed E-state index contributed by atoms with van der Waals surface area (Å²) in [4.78, 5) is 0. The topological polar surface area (TPSA) is 12.0 Å². The second-order valence-corrected chi connectivity index (χ2v) is 5.36. The van der Waals surface area contributed by atoms with Crippen molar-refractivity contribution in [3.63, 3.8) is 0 Å². The van der Waals surface area contributed by atoms with Gasteiger partial charge in [-0.2, -0.15) is 11.8 Å². The summed E-state index contributed by atoms with van der Waals surface area (Å²) in [6.07, 6.45) is 4.16. The van der Waals surface area contributed by atoms with Crippen molar-refractivity contribution in [2.75, 3.05) is 23.4 Å². The third-order valence-corrected chi connectivity index (χ3v) is 4.05. The van der Waals surface area contributed by atoms with E-state index >= 15 is 0 Å². The van der Waals surface area contributed by atoms with Crippen molar-refractivity contribution in [2.45, 2.75) is 19.3 Å². The Morgan fingerprint density at radius 1 is 1.13 bits per heavy atom. The summed E-state index contributed by atoms with van der Waals surface area (Å²) in [5, 5.41) is 3.49. The molecular formula is C13H19NS. The Balaban J connectivity index is 1.66. The van der Waals surface area contributed by atoms with Gasteiger partial charge in [0.15, 0.2) is 0 Å². The minimum absolute atomic E-state index is 0.961. The zero-order valence-corrected chi connectivity index (χ0v) is 9.93. The first-order valence-electron chi connectivity index (χ1n) is 5.82. The molecule has 0 bridgehead atoms. The van der Waals surface area contributed by atoms with Gasteiger partial charge in [-0.25, -0.2) is 0 Å². The molecule has 1 N–H and O–H groups in total. The predicted molar refractivity (Wildman–Crippen MR) is 69.6 cm³/mol. The molecule has 0 amide bonds. The summed E-state index contributed by atoms with van der Waals surface area (Å²) < 4.78 is 0. The molecule has 1 aliphatic heterocycles. The van der Waals surface area contributed by atoms with E-state index in [4.69, 9.17) is 0 Å². The minimum Gasteiger partial charge on any atom is -0.385 e. The quantitative estimate of drug-likeness (QED) is 0.833. The third kappa shape index (κ3) is 3.78. The molecule has 1 heterocycles. The van der Waals surface area contributed by atoms with Gasteiger partial charge in [0.2, 0.25) is 0 Å². The van der Waals surface area contributed by atoms with Crippen LogP contribution in [0.1, 0.15) is 19.3 Å². The van der Waals surface area contributed by atoms with Crippen LogP contribution in [0.3, 0.4) is 0 Å². The number of hydrogen-bond acceptors (Lipinski definition) is 2. The lowest BCUT2D eigenvalue weighted by Crippen LogP contribution is -2.14. The maximum Gasteiger partial charge on any atom is 0.0340 e. The lowest BCUT2D eigenvalue weighted by Gasteiger charge is -2.21. The highest BCUT2D eigenvalue weighted by Crippen LogP contribution is 2.25. The molecule has 0 spiro atoms. The number of para-hydroxylation sites is 1. The van der Waals surface area contributed by atoms with Gasteiger partial charge in [-0.15, -0.1) is 0 Å². The van der Waals surface area contributed by atoms with E-state index in [0.29, 0.717) is 0 Å². The highest BCUT2D eigenvalue weighted by atomic mass is 32.2. The number of benzene rings is 1. The van der Waals surface area contributed by atoms with Gasteiger partial charge in [0, 0.05) is 12.2 Å². The zero-order chi connectivity index (χ0) is 10.3. The fourth-order valence-electron chi connectivity index (χ4n) is 2.01. The van der Waals surface area contributed by atoms with Crippen LogP contribution in [0.25, 0.3) is 0 Å². The van der Waals surface area contributed by atoms with Crippen LogP contribution in [-0.4, -0.2) is 18.1 Å². The number of hydrogen-bond donors (Lipinski definition) is 1. The van der Waals surface area contributed by atoms with Gasteiger partial charge in [0.25, 0.3) is 0 Å². The minimum atomic E-state index is 0.961. The van der Waals surface area contributed by atoms with Crippen LogP contribution < -0.4 is 5.32 Å². The number of nitrogens with one attached hydrogen (secondary N) is 1. The summed E-state index contributed by atoms with van der Waals surface area (Å²) in [6.45, 7) is 1.12. The molecule has 2 heteroatoms. The number of anilines is 1. The van der Waals surface area contributed by atoms with E-state index in [2.05, 4.69) is 47.4 Å². The first-order chi connectivity index (χ1) is 7.45. The summed E-state index contributed by atoms with van der Waals surface area (Å²) in [5.41, 5.74) is 1.25. The van der Waals surface area contributed by atoms with Crippen molar-refractivity contribution in [1.29, 1.82) is 0 Å². The molecule has 1 aliphatic rings. The van der Waals surface area contributed by atoms with Gasteiger partial charge < -0.3 is 5.32 Å². The summed E-state index contributed by atoms with van der Waals surface area (Å²) in [6, 6.07) is 10.5. The van der Waals surface area contributed by atoms with Gasteiger partial charge in [0.1, 0.15) is 0 Å². The van der Waals surface area contributed by atoms with Crippen molar-refractivity contribution < 1.29 is 0 Å². The standard InChI is InChI=1S/C13H19NS/c1-2-4-13(5-3-1)14-9-6-12-7-10-15-11-8-12/h1-5,12,14H,6-11H2. The van der Waals surface area contributed by atoms with Crippen molar-refractivity contribution in [3.05, 3.63) is 30.3 Å². The molecule has 1 nitrogen and oxygen atoms in total. The summed E-state index contributed by atoms with van der Waals surface area (Å²) in [7, 11) is 0. The molecule has 15 heavy (non-hydrogen) atoms. The lowest BCUT2D eigenvalue weighted by molar-refractivity contribution is 0.466. The maximum atomic E-state index is 3.49. The average Bonchev–Trinajstić information content (AvgIpc) is 2.32. The number of rotatable bonds is 4. The van der Waals surface area contributed by atoms with Crippen LogP contribution in [-0.2, 0) is 0 Å². The second-order valence-electron chi connectivity index (χ2n) is 4.14. The van der Waals surface area contributed by atoms with E-state index in [-0.39, 0.29) is 0 Å². The van der Waals surface area contributed by atoms with Gasteiger partial charge in [-0.3, -0.25) is 0 Å². The van der Waals surface area contributed by atoms with Gasteiger partial charge >= 0.3 is 0 Å². The van der Waals surface area contributed by atoms with Crippen LogP contribution >= 0.6 is 11.8 Å². The molecule has 0 aromatic heterocycles. The van der Waals surface area contributed by atoms with E-state index in [9.17, 15) is 0 Å². The molecule has 1 aromatic rings. The van der Waals surface area contributed by atoms with Gasteiger partial charge in [-0.1, -0.05) is 18.2 Å². The molecule has 0 atom stereocenters. The first kappa shape index (κ1) is 10.9. The van der Waals surface area contributed by atoms with Gasteiger partial charge in [0.05, 0.1) is 0 Å². The highest BCUT2D eigenvalue weighted by molar-refractivity contribution is 7.99. The van der Waals surface area contributed by atoms with Crippen LogP contribution in [0.4, 0.5) is 5.69 Å². The fraction of sp³-hybridized carbons (Fsp3) is 0.538. The van der Waals surface area contributed by atoms with E-state index in [0.717, 1.165) is 12.5 Å². The molecule has 0 aliphatic carbocycles. The molecule has 82 valence electrons. The van der Waals surface area contributed by atoms with Crippen LogP contribution in [0.15, 0.2) is 30.3 Å². The van der Waals surface area contributed by atoms with E-state index in [1.54, 1.807) is 0 Å². The average molecular weight is 221 g/mol. The smallest absolute Gasteiger partial charge is 0.0340 e. The Hall–Kier alpha value is -0.630. The molecule has 0 saturated carbocycles. The zero-order valence-electron chi connectivity index (χ0n) is 9.11. The first-order valence-corrected chi connectivity index (χ1v) is 6.97. The fourth-order valence-corrected chi connectivity index (χ4v) is 3.22. The molecule has 0 unspecified atom stereocenters. The lowest BCUT2D eigenvalue weighted by atomic mass is 9.99. The van der Waals surface area contributed by atoms with Crippen LogP contribution in [0.5, 0.6) is 0 Å². The van der Waals surface area contributed by atoms with Gasteiger partial charge in [-0.05, 0) is 48.8 Å². The van der Waals surface area contributed by atoms with E-state index in [1.165, 1.54) is 36.5 Å². The monoisotopic (exact) mass is 221 g/mol. The van der Waals surface area contributed by atoms with Crippen molar-refractivity contribution in [3.8, 4) is 0 Å². The molecule has 1 aromatic carbocycles. The van der Waals surface area contributed by atoms with Crippen molar-refractivity contribution in [2.24, 2.45) is 5.92 Å². The third-order valence-electron chi connectivity index (χ3n) is 3.00. The Bertz CT molecular complexity index is 267. The van der Waals surface area contributed by atoms with Crippen molar-refractivity contribution >= 4 is 17.4 Å². The SMILES string of the molecule is c1ccc(NCCC2CCSCC2)cc1. The van der Waals surface area contributed by atoms with Crippen molar-refractivity contribution in [1.82, 2.24) is 0 Å². The predicted octanol–water partition coefficient (Wildman–Crippen LogP) is 3.63. The molecular weight excluding hydrogens is 202 g/mol. The molecule has 1 fully saturated rings. The molecule has 2 rings (SSSR count).